The number of piperidine rings is 1. The van der Waals surface area contributed by atoms with Gasteiger partial charge in [0.2, 0.25) is 5.91 Å². The van der Waals surface area contributed by atoms with Gasteiger partial charge in [0.25, 0.3) is 11.8 Å². The number of rotatable bonds is 4. The molecule has 2 aliphatic heterocycles. The van der Waals surface area contributed by atoms with Crippen molar-refractivity contribution in [2.75, 3.05) is 39.9 Å². The SMILES string of the molecule is COCCN1CCC2(CN(C(=O)c3ccncc3)CC(F)(F)C2)C1=O. The number of carbonyl (C=O) groups is 2. The van der Waals surface area contributed by atoms with Crippen LogP contribution in [0.25, 0.3) is 0 Å². The quantitative estimate of drug-likeness (QED) is 0.822. The Morgan fingerprint density at radius 3 is 2.72 bits per heavy atom. The maximum atomic E-state index is 14.4. The third-order valence-corrected chi connectivity index (χ3v) is 4.89. The van der Waals surface area contributed by atoms with E-state index < -0.39 is 30.2 Å². The Bertz CT molecular complexity index is 656. The standard InChI is InChI=1S/C17H21F2N3O3/c1-25-9-8-21-7-4-16(15(21)24)10-17(18,19)12-22(11-16)14(23)13-2-5-20-6-3-13/h2-3,5-6H,4,7-12H2,1H3. The van der Waals surface area contributed by atoms with Gasteiger partial charge in [-0.1, -0.05) is 0 Å². The average molecular weight is 353 g/mol. The summed E-state index contributed by atoms with van der Waals surface area (Å²) in [6.07, 6.45) is 2.70. The number of hydrogen-bond acceptors (Lipinski definition) is 4. The second-order valence-electron chi connectivity index (χ2n) is 6.75. The fourth-order valence-electron chi connectivity index (χ4n) is 3.75. The fourth-order valence-corrected chi connectivity index (χ4v) is 3.75. The number of alkyl halides is 2. The highest BCUT2D eigenvalue weighted by Crippen LogP contribution is 2.45. The third kappa shape index (κ3) is 3.49. The molecule has 0 bridgehead atoms. The van der Waals surface area contributed by atoms with Crippen molar-refractivity contribution in [3.8, 4) is 0 Å². The fraction of sp³-hybridized carbons (Fsp3) is 0.588. The molecule has 2 fully saturated rings. The summed E-state index contributed by atoms with van der Waals surface area (Å²) < 4.78 is 33.7. The van der Waals surface area contributed by atoms with Crippen molar-refractivity contribution in [3.05, 3.63) is 30.1 Å². The van der Waals surface area contributed by atoms with Crippen molar-refractivity contribution >= 4 is 11.8 Å². The molecule has 3 rings (SSSR count). The van der Waals surface area contributed by atoms with Crippen molar-refractivity contribution in [3.63, 3.8) is 0 Å². The summed E-state index contributed by atoms with van der Waals surface area (Å²) in [6, 6.07) is 2.98. The van der Waals surface area contributed by atoms with Gasteiger partial charge in [-0.3, -0.25) is 14.6 Å². The minimum absolute atomic E-state index is 0.0199. The summed E-state index contributed by atoms with van der Waals surface area (Å²) in [4.78, 5) is 31.9. The largest absolute Gasteiger partial charge is 0.383 e. The topological polar surface area (TPSA) is 62.7 Å². The monoisotopic (exact) mass is 353 g/mol. The van der Waals surface area contributed by atoms with E-state index in [1.165, 1.54) is 31.6 Å². The first-order valence-corrected chi connectivity index (χ1v) is 8.22. The molecule has 0 N–H and O–H groups in total. The normalized spacial score (nSPS) is 25.6. The predicted molar refractivity (Wildman–Crippen MR) is 85.2 cm³/mol. The van der Waals surface area contributed by atoms with Crippen LogP contribution >= 0.6 is 0 Å². The van der Waals surface area contributed by atoms with Gasteiger partial charge in [0, 0.05) is 51.1 Å². The first kappa shape index (κ1) is 17.7. The van der Waals surface area contributed by atoms with Gasteiger partial charge in [-0.05, 0) is 18.6 Å². The second-order valence-corrected chi connectivity index (χ2v) is 6.75. The molecule has 1 atom stereocenters. The number of amides is 2. The summed E-state index contributed by atoms with van der Waals surface area (Å²) in [5.41, 5.74) is -0.914. The van der Waals surface area contributed by atoms with E-state index in [1.807, 2.05) is 0 Å². The maximum Gasteiger partial charge on any atom is 0.266 e. The van der Waals surface area contributed by atoms with Crippen molar-refractivity contribution in [2.45, 2.75) is 18.8 Å². The van der Waals surface area contributed by atoms with E-state index in [0.717, 1.165) is 4.90 Å². The molecular weight excluding hydrogens is 332 g/mol. The zero-order valence-corrected chi connectivity index (χ0v) is 14.1. The first-order chi connectivity index (χ1) is 11.9. The van der Waals surface area contributed by atoms with Crippen molar-refractivity contribution in [2.24, 2.45) is 5.41 Å². The lowest BCUT2D eigenvalue weighted by molar-refractivity contribution is -0.151. The van der Waals surface area contributed by atoms with Crippen LogP contribution in [-0.2, 0) is 9.53 Å². The molecule has 1 aromatic rings. The van der Waals surface area contributed by atoms with Crippen LogP contribution in [-0.4, -0.2) is 72.4 Å². The number of methoxy groups -OCH3 is 1. The number of halogens is 2. The molecule has 2 amide bonds. The van der Waals surface area contributed by atoms with Crippen molar-refractivity contribution in [1.82, 2.24) is 14.8 Å². The molecule has 0 radical (unpaired) electrons. The van der Waals surface area contributed by atoms with Gasteiger partial charge >= 0.3 is 0 Å². The Morgan fingerprint density at radius 2 is 2.04 bits per heavy atom. The first-order valence-electron chi connectivity index (χ1n) is 8.22. The Balaban J connectivity index is 1.82. The van der Waals surface area contributed by atoms with Crippen molar-refractivity contribution in [1.29, 1.82) is 0 Å². The highest BCUT2D eigenvalue weighted by Gasteiger charge is 2.57. The highest BCUT2D eigenvalue weighted by molar-refractivity contribution is 5.95. The Labute approximate surface area is 144 Å². The van der Waals surface area contributed by atoms with Gasteiger partial charge in [-0.25, -0.2) is 8.78 Å². The van der Waals surface area contributed by atoms with Crippen LogP contribution in [0.5, 0.6) is 0 Å². The smallest absolute Gasteiger partial charge is 0.266 e. The predicted octanol–water partition coefficient (Wildman–Crippen LogP) is 1.43. The molecule has 25 heavy (non-hydrogen) atoms. The van der Waals surface area contributed by atoms with E-state index in [4.69, 9.17) is 4.74 Å². The van der Waals surface area contributed by atoms with Crippen LogP contribution in [0.2, 0.25) is 0 Å². The molecule has 6 nitrogen and oxygen atoms in total. The van der Waals surface area contributed by atoms with Crippen molar-refractivity contribution < 1.29 is 23.1 Å². The van der Waals surface area contributed by atoms with E-state index >= 15 is 0 Å². The molecule has 136 valence electrons. The average Bonchev–Trinajstić information content (AvgIpc) is 2.87. The van der Waals surface area contributed by atoms with E-state index in [9.17, 15) is 18.4 Å². The third-order valence-electron chi connectivity index (χ3n) is 4.89. The van der Waals surface area contributed by atoms with Crippen LogP contribution in [0.3, 0.4) is 0 Å². The molecule has 3 heterocycles. The molecule has 2 saturated heterocycles. The lowest BCUT2D eigenvalue weighted by Crippen LogP contribution is -2.57. The number of likely N-dealkylation sites (tertiary alicyclic amines) is 2. The van der Waals surface area contributed by atoms with Gasteiger partial charge in [0.1, 0.15) is 0 Å². The zero-order chi connectivity index (χ0) is 18.1. The maximum absolute atomic E-state index is 14.4. The number of hydrogen-bond donors (Lipinski definition) is 0. The Kier molecular flexibility index (Phi) is 4.73. The number of ether oxygens (including phenoxy) is 1. The number of carbonyl (C=O) groups excluding carboxylic acids is 2. The molecule has 1 spiro atoms. The number of nitrogens with zero attached hydrogens (tertiary/aromatic N) is 3. The van der Waals surface area contributed by atoms with E-state index in [1.54, 1.807) is 4.90 Å². The molecule has 2 aliphatic rings. The summed E-state index contributed by atoms with van der Waals surface area (Å²) in [6.45, 7) is 0.502. The molecule has 1 aromatic heterocycles. The Morgan fingerprint density at radius 1 is 1.32 bits per heavy atom. The second kappa shape index (κ2) is 6.67. The van der Waals surface area contributed by atoms with Gasteiger partial charge in [0.15, 0.2) is 0 Å². The minimum atomic E-state index is -3.09. The lowest BCUT2D eigenvalue weighted by Gasteiger charge is -2.42. The zero-order valence-electron chi connectivity index (χ0n) is 14.1. The minimum Gasteiger partial charge on any atom is -0.383 e. The summed E-state index contributed by atoms with van der Waals surface area (Å²) in [5.74, 6) is -3.89. The van der Waals surface area contributed by atoms with Crippen LogP contribution in [0.4, 0.5) is 8.78 Å². The van der Waals surface area contributed by atoms with E-state index in [0.29, 0.717) is 31.7 Å². The molecule has 0 saturated carbocycles. The van der Waals surface area contributed by atoms with Gasteiger partial charge in [-0.2, -0.15) is 0 Å². The highest BCUT2D eigenvalue weighted by atomic mass is 19.3. The van der Waals surface area contributed by atoms with Gasteiger partial charge in [0.05, 0.1) is 18.6 Å². The number of aromatic nitrogens is 1. The molecule has 0 aromatic carbocycles. The van der Waals surface area contributed by atoms with E-state index in [-0.39, 0.29) is 12.5 Å². The summed E-state index contributed by atoms with van der Waals surface area (Å²) >= 11 is 0. The van der Waals surface area contributed by atoms with Crippen LogP contribution in [0.1, 0.15) is 23.2 Å². The van der Waals surface area contributed by atoms with E-state index in [2.05, 4.69) is 4.98 Å². The molecular formula is C17H21F2N3O3. The number of pyridine rings is 1. The van der Waals surface area contributed by atoms with Gasteiger partial charge in [-0.15, -0.1) is 0 Å². The van der Waals surface area contributed by atoms with Crippen LogP contribution in [0.15, 0.2) is 24.5 Å². The molecule has 0 aliphatic carbocycles. The van der Waals surface area contributed by atoms with Crippen LogP contribution in [0, 0.1) is 5.41 Å². The summed E-state index contributed by atoms with van der Waals surface area (Å²) in [5, 5.41) is 0. The Hall–Kier alpha value is -2.09. The van der Waals surface area contributed by atoms with Crippen LogP contribution < -0.4 is 0 Å². The summed E-state index contributed by atoms with van der Waals surface area (Å²) in [7, 11) is 1.53. The molecule has 8 heteroatoms. The molecule has 1 unspecified atom stereocenters. The van der Waals surface area contributed by atoms with Gasteiger partial charge < -0.3 is 14.5 Å². The lowest BCUT2D eigenvalue weighted by atomic mass is 9.76.